The van der Waals surface area contributed by atoms with E-state index in [1.54, 1.807) is 0 Å². The van der Waals surface area contributed by atoms with E-state index in [2.05, 4.69) is 97.9 Å². The Morgan fingerprint density at radius 1 is 0.667 bits per heavy atom. The van der Waals surface area contributed by atoms with Crippen LogP contribution in [0.3, 0.4) is 0 Å². The molecular formula is C30H31IN2O2Pd. The Morgan fingerprint density at radius 2 is 1.06 bits per heavy atom. The summed E-state index contributed by atoms with van der Waals surface area (Å²) < 4.78 is 12.1. The van der Waals surface area contributed by atoms with Crippen molar-refractivity contribution in [2.45, 2.75) is 50.6 Å². The molecule has 0 aromatic heterocycles. The molecular weight excluding hydrogens is 654 g/mol. The number of hydrogen-bond donors (Lipinski definition) is 0. The molecule has 0 saturated carbocycles. The van der Waals surface area contributed by atoms with Crippen molar-refractivity contribution in [2.75, 3.05) is 13.2 Å². The predicted molar refractivity (Wildman–Crippen MR) is 151 cm³/mol. The third-order valence-electron chi connectivity index (χ3n) is 7.26. The van der Waals surface area contributed by atoms with Crippen molar-refractivity contribution in [1.82, 2.24) is 0 Å². The van der Waals surface area contributed by atoms with Gasteiger partial charge in [0.15, 0.2) is 0 Å². The van der Waals surface area contributed by atoms with Crippen molar-refractivity contribution < 1.29 is 25.1 Å². The summed E-state index contributed by atoms with van der Waals surface area (Å²) in [7, 11) is 0. The average molecular weight is 685 g/mol. The molecule has 0 saturated heterocycles. The maximum atomic E-state index is 6.05. The summed E-state index contributed by atoms with van der Waals surface area (Å²) in [6.45, 7) is 9.99. The van der Waals surface area contributed by atoms with Crippen LogP contribution in [0.5, 0.6) is 0 Å². The zero-order chi connectivity index (χ0) is 25.8. The molecule has 0 N–H and O–H groups in total. The Labute approximate surface area is 236 Å². The monoisotopic (exact) mass is 684 g/mol. The molecule has 3 aromatic carbocycles. The van der Waals surface area contributed by atoms with Gasteiger partial charge in [0, 0.05) is 10.8 Å². The van der Waals surface area contributed by atoms with E-state index in [1.807, 2.05) is 49.8 Å². The first-order valence-corrected chi connectivity index (χ1v) is 16.7. The minimum absolute atomic E-state index is 0.0399. The molecule has 0 unspecified atom stereocenters. The topological polar surface area (TPSA) is 43.2 Å². The second-order valence-electron chi connectivity index (χ2n) is 10.2. The first-order chi connectivity index (χ1) is 17.4. The van der Waals surface area contributed by atoms with Crippen molar-refractivity contribution in [3.63, 3.8) is 0 Å². The van der Waals surface area contributed by atoms with Crippen LogP contribution in [-0.4, -0.2) is 37.1 Å². The fraction of sp³-hybridized carbons (Fsp3) is 0.333. The summed E-state index contributed by atoms with van der Waals surface area (Å²) in [4.78, 5) is 9.90. The quantitative estimate of drug-likeness (QED) is 0.167. The van der Waals surface area contributed by atoms with Crippen molar-refractivity contribution in [1.29, 1.82) is 0 Å². The molecule has 2 aliphatic heterocycles. The van der Waals surface area contributed by atoms with Gasteiger partial charge in [-0.25, -0.2) is 0 Å². The van der Waals surface area contributed by atoms with Crippen molar-refractivity contribution in [3.8, 4) is 0 Å². The van der Waals surface area contributed by atoms with Crippen LogP contribution in [0.15, 0.2) is 88.8 Å². The number of nitrogens with zero attached hydrogens (tertiary/aromatic N) is 2. The molecule has 6 heteroatoms. The summed E-state index contributed by atoms with van der Waals surface area (Å²) in [5.41, 5.74) is 3.92. The van der Waals surface area contributed by atoms with Crippen LogP contribution >= 0.6 is 19.5 Å². The zero-order valence-corrected chi connectivity index (χ0v) is 24.7. The number of rotatable bonds is 6. The number of hydrogen-bond acceptors (Lipinski definition) is 4. The standard InChI is InChI=1S/C30H31N2O2.HI.Pd/c1-29(2,23-14-7-5-8-15-23)25-19-33-27(31-25)21-12-11-13-22(18-21)28-32-26(20-34-28)30(3,4)24-16-9-6-10-17-24;;/h5-17,25-26H,19-20H2,1-4H3;1H;/q-1;;+2/p-1/t25-,26-;;/m1../s1. The average Bonchev–Trinajstić information content (AvgIpc) is 3.63. The molecule has 190 valence electrons. The summed E-state index contributed by atoms with van der Waals surface area (Å²) in [5.74, 6) is 1.27. The van der Waals surface area contributed by atoms with Gasteiger partial charge in [0.1, 0.15) is 25.0 Å². The number of ether oxygens (including phenoxy) is 2. The molecule has 0 bridgehead atoms. The minimum atomic E-state index is -0.129. The van der Waals surface area contributed by atoms with Crippen LogP contribution in [0, 0.1) is 6.07 Å². The predicted octanol–water partition coefficient (Wildman–Crippen LogP) is 6.62. The number of benzene rings is 3. The van der Waals surface area contributed by atoms with E-state index in [4.69, 9.17) is 19.5 Å². The molecule has 0 radical (unpaired) electrons. The molecule has 5 rings (SSSR count). The van der Waals surface area contributed by atoms with E-state index < -0.39 is 0 Å². The van der Waals surface area contributed by atoms with Crippen LogP contribution in [0.4, 0.5) is 0 Å². The van der Waals surface area contributed by atoms with E-state index in [0.717, 1.165) is 11.1 Å². The van der Waals surface area contributed by atoms with Gasteiger partial charge < -0.3 is 9.47 Å². The molecule has 0 aliphatic carbocycles. The van der Waals surface area contributed by atoms with Gasteiger partial charge in [0.25, 0.3) is 0 Å². The van der Waals surface area contributed by atoms with Gasteiger partial charge >= 0.3 is 35.1 Å². The molecule has 3 aromatic rings. The van der Waals surface area contributed by atoms with Crippen LogP contribution in [0.1, 0.15) is 49.9 Å². The molecule has 2 heterocycles. The van der Waals surface area contributed by atoms with Crippen LogP contribution in [-0.2, 0) is 35.9 Å². The van der Waals surface area contributed by atoms with Crippen molar-refractivity contribution in [2.24, 2.45) is 9.98 Å². The maximum absolute atomic E-state index is 6.05. The fourth-order valence-electron chi connectivity index (χ4n) is 4.62. The van der Waals surface area contributed by atoms with Gasteiger partial charge in [0.05, 0.1) is 12.1 Å². The molecule has 0 amide bonds. The summed E-state index contributed by atoms with van der Waals surface area (Å²) in [6.07, 6.45) is 0. The van der Waals surface area contributed by atoms with Gasteiger partial charge in [0.2, 0.25) is 0 Å². The van der Waals surface area contributed by atoms with Crippen molar-refractivity contribution >= 4 is 31.3 Å². The number of aliphatic imine (C=N–C) groups is 2. The van der Waals surface area contributed by atoms with Crippen LogP contribution in [0.2, 0.25) is 0 Å². The Morgan fingerprint density at radius 3 is 1.44 bits per heavy atom. The van der Waals surface area contributed by atoms with Gasteiger partial charge in [-0.2, -0.15) is 0 Å². The Hall–Kier alpha value is -2.01. The molecule has 2 aliphatic rings. The second kappa shape index (κ2) is 11.6. The van der Waals surface area contributed by atoms with Gasteiger partial charge in [-0.05, 0) is 11.1 Å². The van der Waals surface area contributed by atoms with E-state index >= 15 is 0 Å². The van der Waals surface area contributed by atoms with E-state index in [0.29, 0.717) is 25.0 Å². The van der Waals surface area contributed by atoms with Gasteiger partial charge in [-0.15, -0.1) is 24.3 Å². The third kappa shape index (κ3) is 5.61. The summed E-state index contributed by atoms with van der Waals surface area (Å²) >= 11 is 4.72. The zero-order valence-electron chi connectivity index (χ0n) is 21.0. The fourth-order valence-corrected chi connectivity index (χ4v) is 4.62. The molecule has 0 fully saturated rings. The molecule has 0 spiro atoms. The van der Waals surface area contributed by atoms with Gasteiger partial charge in [-0.1, -0.05) is 99.5 Å². The number of halogens is 1. The van der Waals surface area contributed by atoms with E-state index in [9.17, 15) is 0 Å². The van der Waals surface area contributed by atoms with E-state index in [1.165, 1.54) is 11.1 Å². The summed E-state index contributed by atoms with van der Waals surface area (Å²) in [6, 6.07) is 30.5. The first-order valence-electron chi connectivity index (χ1n) is 12.0. The Bertz CT molecular complexity index is 1130. The van der Waals surface area contributed by atoms with Gasteiger partial charge in [-0.3, -0.25) is 9.98 Å². The Balaban J connectivity index is 0.00000148. The van der Waals surface area contributed by atoms with E-state index in [-0.39, 0.29) is 22.9 Å². The van der Waals surface area contributed by atoms with Crippen LogP contribution < -0.4 is 0 Å². The SMILES string of the molecule is CC(C)(c1ccccc1)[C@H]1COC(c2[c-]c(C3=N[C@@H](C(C)(C)c4ccccc4)CO3)ccc2)=N1.[Pd+][I]. The molecule has 2 atom stereocenters. The Kier molecular flexibility index (Phi) is 8.70. The first kappa shape index (κ1) is 27.0. The van der Waals surface area contributed by atoms with Crippen molar-refractivity contribution in [3.05, 3.63) is 107 Å². The summed E-state index contributed by atoms with van der Waals surface area (Å²) in [5, 5.41) is 0. The second-order valence-corrected chi connectivity index (χ2v) is 10.2. The molecule has 36 heavy (non-hydrogen) atoms. The molecule has 4 nitrogen and oxygen atoms in total. The third-order valence-corrected chi connectivity index (χ3v) is 7.26. The van der Waals surface area contributed by atoms with Crippen LogP contribution in [0.25, 0.3) is 0 Å². The normalized spacial score (nSPS) is 19.4.